The number of aldehydes is 1. The summed E-state index contributed by atoms with van der Waals surface area (Å²) in [5.41, 5.74) is 3.62. The summed E-state index contributed by atoms with van der Waals surface area (Å²) in [5.74, 6) is -0.0996. The van der Waals surface area contributed by atoms with E-state index in [0.717, 1.165) is 46.4 Å². The molecule has 2 aromatic carbocycles. The maximum atomic E-state index is 13.4. The van der Waals surface area contributed by atoms with E-state index in [1.807, 2.05) is 70.2 Å². The summed E-state index contributed by atoms with van der Waals surface area (Å²) >= 11 is 1.46. The molecule has 0 spiro atoms. The Morgan fingerprint density at radius 2 is 1.84 bits per heavy atom. The number of hydrogen-bond donors (Lipinski definition) is 2. The van der Waals surface area contributed by atoms with Gasteiger partial charge in [0.1, 0.15) is 5.60 Å². The second-order valence-electron chi connectivity index (χ2n) is 11.2. The molecule has 7 nitrogen and oxygen atoms in total. The number of carbonyl (C=O) groups is 3. The van der Waals surface area contributed by atoms with Crippen LogP contribution in [0.1, 0.15) is 64.8 Å². The molecule has 0 atom stereocenters. The van der Waals surface area contributed by atoms with Crippen LogP contribution in [0.2, 0.25) is 0 Å². The molecule has 1 saturated heterocycles. The highest BCUT2D eigenvalue weighted by Gasteiger charge is 2.46. The molecular formula is C30H33N3O4S. The SMILES string of the molecule is Cc1ccc(NC2CN(C(=O)OC(C)(C)C)C2)cc1C(=O)NC1(c2cccc(-c3ccc(C=O)s3)c2)CC1. The zero-order chi connectivity index (χ0) is 27.1. The van der Waals surface area contributed by atoms with Gasteiger partial charge in [0, 0.05) is 29.2 Å². The van der Waals surface area contributed by atoms with Crippen molar-refractivity contribution in [2.24, 2.45) is 0 Å². The standard InChI is InChI=1S/C30H33N3O4S/c1-19-8-9-22(31-23-16-33(17-23)28(36)37-29(2,3)4)15-25(19)27(35)32-30(12-13-30)21-7-5-6-20(14-21)26-11-10-24(18-34)38-26/h5-11,14-15,18,23,31H,12-13,16-17H2,1-4H3,(H,32,35). The Morgan fingerprint density at radius 3 is 2.50 bits per heavy atom. The Balaban J connectivity index is 1.24. The number of rotatable bonds is 7. The number of carbonyl (C=O) groups excluding carboxylic acids is 3. The second kappa shape index (κ2) is 9.91. The van der Waals surface area contributed by atoms with Gasteiger partial charge in [0.2, 0.25) is 0 Å². The molecule has 38 heavy (non-hydrogen) atoms. The largest absolute Gasteiger partial charge is 0.444 e. The quantitative estimate of drug-likeness (QED) is 0.366. The molecule has 1 aliphatic carbocycles. The van der Waals surface area contributed by atoms with E-state index < -0.39 is 5.60 Å². The van der Waals surface area contributed by atoms with E-state index in [9.17, 15) is 14.4 Å². The van der Waals surface area contributed by atoms with Gasteiger partial charge in [-0.05, 0) is 87.6 Å². The minimum atomic E-state index is -0.515. The first-order valence-corrected chi connectivity index (χ1v) is 13.7. The van der Waals surface area contributed by atoms with Gasteiger partial charge in [0.25, 0.3) is 5.91 Å². The minimum Gasteiger partial charge on any atom is -0.444 e. The van der Waals surface area contributed by atoms with Crippen LogP contribution in [-0.4, -0.2) is 47.9 Å². The van der Waals surface area contributed by atoms with Crippen LogP contribution in [0.25, 0.3) is 10.4 Å². The Labute approximate surface area is 227 Å². The summed E-state index contributed by atoms with van der Waals surface area (Å²) in [6.07, 6.45) is 2.33. The molecular weight excluding hydrogens is 498 g/mol. The van der Waals surface area contributed by atoms with E-state index in [1.165, 1.54) is 11.3 Å². The van der Waals surface area contributed by atoms with Crippen LogP contribution in [0.4, 0.5) is 10.5 Å². The molecule has 0 unspecified atom stereocenters. The van der Waals surface area contributed by atoms with Crippen molar-refractivity contribution in [3.63, 3.8) is 0 Å². The first-order valence-electron chi connectivity index (χ1n) is 12.9. The normalized spacial score (nSPS) is 16.4. The fourth-order valence-electron chi connectivity index (χ4n) is 4.67. The Morgan fingerprint density at radius 1 is 1.08 bits per heavy atom. The van der Waals surface area contributed by atoms with Crippen LogP contribution in [0.5, 0.6) is 0 Å². The van der Waals surface area contributed by atoms with Gasteiger partial charge in [0.15, 0.2) is 6.29 Å². The van der Waals surface area contributed by atoms with E-state index in [-0.39, 0.29) is 23.6 Å². The number of anilines is 1. The fraction of sp³-hybridized carbons (Fsp3) is 0.367. The summed E-state index contributed by atoms with van der Waals surface area (Å²) in [5, 5.41) is 6.74. The van der Waals surface area contributed by atoms with Gasteiger partial charge in [-0.15, -0.1) is 11.3 Å². The van der Waals surface area contributed by atoms with Crippen molar-refractivity contribution in [2.75, 3.05) is 18.4 Å². The van der Waals surface area contributed by atoms with Gasteiger partial charge >= 0.3 is 6.09 Å². The van der Waals surface area contributed by atoms with Crippen LogP contribution >= 0.6 is 11.3 Å². The predicted octanol–water partition coefficient (Wildman–Crippen LogP) is 5.99. The highest BCUT2D eigenvalue weighted by Crippen LogP contribution is 2.47. The lowest BCUT2D eigenvalue weighted by molar-refractivity contribution is 0.0105. The average molecular weight is 532 g/mol. The Hall–Kier alpha value is -3.65. The van der Waals surface area contributed by atoms with Crippen molar-refractivity contribution in [2.45, 2.75) is 57.7 Å². The monoisotopic (exact) mass is 531 g/mol. The number of likely N-dealkylation sites (tertiary alicyclic amines) is 1. The third-order valence-electron chi connectivity index (χ3n) is 6.93. The van der Waals surface area contributed by atoms with Gasteiger partial charge in [0.05, 0.1) is 16.5 Å². The van der Waals surface area contributed by atoms with Crippen LogP contribution in [0, 0.1) is 6.92 Å². The van der Waals surface area contributed by atoms with Crippen molar-refractivity contribution in [1.82, 2.24) is 10.2 Å². The Kier molecular flexibility index (Phi) is 6.77. The summed E-state index contributed by atoms with van der Waals surface area (Å²) < 4.78 is 5.43. The first-order chi connectivity index (χ1) is 18.0. The molecule has 2 aliphatic rings. The molecule has 1 aliphatic heterocycles. The van der Waals surface area contributed by atoms with Gasteiger partial charge < -0.3 is 20.3 Å². The van der Waals surface area contributed by atoms with E-state index in [2.05, 4.69) is 22.8 Å². The molecule has 0 bridgehead atoms. The smallest absolute Gasteiger partial charge is 0.410 e. The summed E-state index contributed by atoms with van der Waals surface area (Å²) in [4.78, 5) is 40.2. The highest BCUT2D eigenvalue weighted by molar-refractivity contribution is 7.17. The molecule has 1 saturated carbocycles. The van der Waals surface area contributed by atoms with Gasteiger partial charge in [-0.25, -0.2) is 4.79 Å². The number of amides is 2. The number of nitrogens with zero attached hydrogens (tertiary/aromatic N) is 1. The molecule has 2 heterocycles. The van der Waals surface area contributed by atoms with Gasteiger partial charge in [-0.3, -0.25) is 9.59 Å². The summed E-state index contributed by atoms with van der Waals surface area (Å²) in [6, 6.07) is 17.9. The molecule has 0 radical (unpaired) electrons. The molecule has 5 rings (SSSR count). The third kappa shape index (κ3) is 5.60. The van der Waals surface area contributed by atoms with E-state index in [0.29, 0.717) is 23.5 Å². The van der Waals surface area contributed by atoms with Crippen LogP contribution in [0.15, 0.2) is 54.6 Å². The number of nitrogens with one attached hydrogen (secondary N) is 2. The number of thiophene rings is 1. The maximum Gasteiger partial charge on any atom is 0.410 e. The van der Waals surface area contributed by atoms with E-state index >= 15 is 0 Å². The molecule has 198 valence electrons. The minimum absolute atomic E-state index is 0.0996. The van der Waals surface area contributed by atoms with Crippen molar-refractivity contribution < 1.29 is 19.1 Å². The average Bonchev–Trinajstić information content (AvgIpc) is 3.46. The predicted molar refractivity (Wildman–Crippen MR) is 150 cm³/mol. The fourth-order valence-corrected chi connectivity index (χ4v) is 5.49. The number of aryl methyl sites for hydroxylation is 1. The third-order valence-corrected chi connectivity index (χ3v) is 7.99. The molecule has 2 amide bonds. The van der Waals surface area contributed by atoms with Crippen LogP contribution in [0.3, 0.4) is 0 Å². The lowest BCUT2D eigenvalue weighted by Gasteiger charge is -2.40. The van der Waals surface area contributed by atoms with E-state index in [4.69, 9.17) is 4.74 Å². The summed E-state index contributed by atoms with van der Waals surface area (Å²) in [6.45, 7) is 8.63. The topological polar surface area (TPSA) is 87.7 Å². The summed E-state index contributed by atoms with van der Waals surface area (Å²) in [7, 11) is 0. The Bertz CT molecular complexity index is 1380. The van der Waals surface area contributed by atoms with Gasteiger partial charge in [-0.2, -0.15) is 0 Å². The van der Waals surface area contributed by atoms with Crippen molar-refractivity contribution in [3.8, 4) is 10.4 Å². The number of benzene rings is 2. The van der Waals surface area contributed by atoms with Gasteiger partial charge in [-0.1, -0.05) is 24.3 Å². The highest BCUT2D eigenvalue weighted by atomic mass is 32.1. The zero-order valence-corrected chi connectivity index (χ0v) is 23.0. The van der Waals surface area contributed by atoms with Crippen molar-refractivity contribution >= 4 is 35.3 Å². The lowest BCUT2D eigenvalue weighted by Crippen LogP contribution is -2.57. The molecule has 3 aromatic rings. The zero-order valence-electron chi connectivity index (χ0n) is 22.2. The second-order valence-corrected chi connectivity index (χ2v) is 12.3. The molecule has 2 fully saturated rings. The molecule has 2 N–H and O–H groups in total. The van der Waals surface area contributed by atoms with Crippen LogP contribution in [-0.2, 0) is 10.3 Å². The maximum absolute atomic E-state index is 13.4. The van der Waals surface area contributed by atoms with Crippen LogP contribution < -0.4 is 10.6 Å². The molecule has 8 heteroatoms. The van der Waals surface area contributed by atoms with E-state index in [1.54, 1.807) is 4.90 Å². The first kappa shape index (κ1) is 26.0. The van der Waals surface area contributed by atoms with Crippen molar-refractivity contribution in [3.05, 3.63) is 76.2 Å². The number of ether oxygens (including phenoxy) is 1. The number of hydrogen-bond acceptors (Lipinski definition) is 6. The molecule has 1 aromatic heterocycles. The lowest BCUT2D eigenvalue weighted by atomic mass is 9.99. The van der Waals surface area contributed by atoms with Crippen molar-refractivity contribution in [1.29, 1.82) is 0 Å².